The van der Waals surface area contributed by atoms with E-state index in [1.165, 1.54) is 18.3 Å². The van der Waals surface area contributed by atoms with Crippen molar-refractivity contribution in [1.82, 2.24) is 20.5 Å². The molecule has 0 bridgehead atoms. The lowest BCUT2D eigenvalue weighted by atomic mass is 9.92. The van der Waals surface area contributed by atoms with Gasteiger partial charge in [-0.25, -0.2) is 14.6 Å². The fourth-order valence-corrected chi connectivity index (χ4v) is 4.68. The summed E-state index contributed by atoms with van der Waals surface area (Å²) in [6, 6.07) is -1.60. The lowest BCUT2D eigenvalue weighted by Gasteiger charge is -2.37. The minimum absolute atomic E-state index is 0.0220. The number of alkyl carbamates (subject to hydrolysis) is 1. The Morgan fingerprint density at radius 1 is 1.11 bits per heavy atom. The third-order valence-electron chi connectivity index (χ3n) is 5.93. The Balaban J connectivity index is 3.22. The fraction of sp³-hybridized carbons (Fsp3) is 0.731. The molecule has 0 aromatic carbocycles. The number of nitrogens with zero attached hydrogens (tertiary/aromatic N) is 2. The molecule has 0 saturated carbocycles. The van der Waals surface area contributed by atoms with Crippen molar-refractivity contribution < 1.29 is 28.7 Å². The van der Waals surface area contributed by atoms with Crippen LogP contribution in [0, 0.1) is 11.8 Å². The number of aromatic nitrogens is 1. The van der Waals surface area contributed by atoms with Gasteiger partial charge in [0.15, 0.2) is 5.69 Å². The summed E-state index contributed by atoms with van der Waals surface area (Å²) < 4.78 is 10.4. The standard InChI is InChI=1S/C26H44N4O6S/c1-11-16(5)21(29-25(34)36-26(7,8)9)23(32)30(10)20(15(3)4)13-18(27-17(6)31)22-28-19(14-37-22)24(33)35-12-2/h14-16,18,20-21H,11-13H2,1-10H3,(H,27,31)(H,29,34)/t16-,18+,20+,21-/m0/s1. The molecule has 1 rings (SSSR count). The molecule has 0 fully saturated rings. The Kier molecular flexibility index (Phi) is 12.5. The van der Waals surface area contributed by atoms with Gasteiger partial charge in [0.1, 0.15) is 16.7 Å². The van der Waals surface area contributed by atoms with Crippen molar-refractivity contribution in [3.05, 3.63) is 16.1 Å². The highest BCUT2D eigenvalue weighted by Gasteiger charge is 2.35. The molecule has 1 aromatic rings. The molecule has 2 N–H and O–H groups in total. The van der Waals surface area contributed by atoms with E-state index >= 15 is 0 Å². The molecule has 0 unspecified atom stereocenters. The number of amides is 3. The van der Waals surface area contributed by atoms with E-state index in [4.69, 9.17) is 9.47 Å². The molecule has 0 aliphatic heterocycles. The molecular weight excluding hydrogens is 496 g/mol. The first-order valence-electron chi connectivity index (χ1n) is 12.8. The predicted octanol–water partition coefficient (Wildman–Crippen LogP) is 4.31. The van der Waals surface area contributed by atoms with Crippen LogP contribution in [-0.4, -0.2) is 65.1 Å². The zero-order valence-electron chi connectivity index (χ0n) is 23.8. The van der Waals surface area contributed by atoms with Crippen LogP contribution in [-0.2, 0) is 19.1 Å². The first-order valence-corrected chi connectivity index (χ1v) is 13.6. The van der Waals surface area contributed by atoms with Crippen molar-refractivity contribution >= 4 is 35.2 Å². The second kappa shape index (κ2) is 14.3. The topological polar surface area (TPSA) is 127 Å². The average Bonchev–Trinajstić information content (AvgIpc) is 3.27. The predicted molar refractivity (Wildman–Crippen MR) is 143 cm³/mol. The monoisotopic (exact) mass is 540 g/mol. The first-order chi connectivity index (χ1) is 17.1. The number of thiazole rings is 1. The van der Waals surface area contributed by atoms with Crippen molar-refractivity contribution in [1.29, 1.82) is 0 Å². The minimum atomic E-state index is -0.777. The lowest BCUT2D eigenvalue weighted by molar-refractivity contribution is -0.136. The summed E-state index contributed by atoms with van der Waals surface area (Å²) in [5.74, 6) is -1.13. The molecule has 1 aromatic heterocycles. The van der Waals surface area contributed by atoms with E-state index in [1.54, 1.807) is 45.0 Å². The van der Waals surface area contributed by atoms with Crippen molar-refractivity contribution in [2.24, 2.45) is 11.8 Å². The van der Waals surface area contributed by atoms with Crippen molar-refractivity contribution in [2.75, 3.05) is 13.7 Å². The Morgan fingerprint density at radius 3 is 2.22 bits per heavy atom. The van der Waals surface area contributed by atoms with Gasteiger partial charge in [0.25, 0.3) is 0 Å². The molecule has 1 heterocycles. The Morgan fingerprint density at radius 2 is 1.73 bits per heavy atom. The van der Waals surface area contributed by atoms with Gasteiger partial charge in [0.2, 0.25) is 11.8 Å². The van der Waals surface area contributed by atoms with Crippen LogP contribution in [0.4, 0.5) is 4.79 Å². The number of hydrogen-bond acceptors (Lipinski definition) is 8. The van der Waals surface area contributed by atoms with E-state index in [-0.39, 0.29) is 42.0 Å². The van der Waals surface area contributed by atoms with Crippen molar-refractivity contribution in [2.45, 2.75) is 98.9 Å². The molecular formula is C26H44N4O6S. The van der Waals surface area contributed by atoms with Crippen LogP contribution >= 0.6 is 11.3 Å². The molecule has 210 valence electrons. The lowest BCUT2D eigenvalue weighted by Crippen LogP contribution is -2.55. The summed E-state index contributed by atoms with van der Waals surface area (Å²) in [7, 11) is 1.70. The van der Waals surface area contributed by atoms with E-state index < -0.39 is 29.7 Å². The summed E-state index contributed by atoms with van der Waals surface area (Å²) in [4.78, 5) is 56.4. The molecule has 3 amide bonds. The van der Waals surface area contributed by atoms with Gasteiger partial charge >= 0.3 is 12.1 Å². The number of likely N-dealkylation sites (N-methyl/N-ethyl adjacent to an activating group) is 1. The maximum absolute atomic E-state index is 13.7. The molecule has 0 saturated heterocycles. The van der Waals surface area contributed by atoms with E-state index in [0.717, 1.165) is 0 Å². The summed E-state index contributed by atoms with van der Waals surface area (Å²) in [6.07, 6.45) is 0.400. The van der Waals surface area contributed by atoms with E-state index in [0.29, 0.717) is 17.8 Å². The van der Waals surface area contributed by atoms with Crippen LogP contribution in [0.2, 0.25) is 0 Å². The maximum atomic E-state index is 13.7. The normalized spacial score (nSPS) is 14.8. The number of rotatable bonds is 12. The Hall–Kier alpha value is -2.69. The molecule has 0 aliphatic rings. The Labute approximate surface area is 224 Å². The van der Waals surface area contributed by atoms with Gasteiger partial charge in [-0.3, -0.25) is 9.59 Å². The molecule has 10 nitrogen and oxygen atoms in total. The van der Waals surface area contributed by atoms with Gasteiger partial charge in [-0.2, -0.15) is 0 Å². The molecule has 11 heteroatoms. The quantitative estimate of drug-likeness (QED) is 0.378. The smallest absolute Gasteiger partial charge is 0.408 e. The van der Waals surface area contributed by atoms with Crippen LogP contribution in [0.5, 0.6) is 0 Å². The summed E-state index contributed by atoms with van der Waals surface area (Å²) in [5.41, 5.74) is -0.512. The number of carbonyl (C=O) groups excluding carboxylic acids is 4. The number of esters is 1. The fourth-order valence-electron chi connectivity index (χ4n) is 3.83. The molecule has 37 heavy (non-hydrogen) atoms. The zero-order chi connectivity index (χ0) is 28.5. The van der Waals surface area contributed by atoms with Gasteiger partial charge in [-0.1, -0.05) is 34.1 Å². The maximum Gasteiger partial charge on any atom is 0.408 e. The molecule has 0 spiro atoms. The second-order valence-corrected chi connectivity index (χ2v) is 11.4. The highest BCUT2D eigenvalue weighted by atomic mass is 32.1. The highest BCUT2D eigenvalue weighted by molar-refractivity contribution is 7.09. The van der Waals surface area contributed by atoms with Crippen molar-refractivity contribution in [3.63, 3.8) is 0 Å². The SMILES string of the molecule is CCOC(=O)c1csc([C@@H](C[C@H](C(C)C)N(C)C(=O)[C@@H](NC(=O)OC(C)(C)C)[C@@H](C)CC)NC(C)=O)n1. The van der Waals surface area contributed by atoms with Gasteiger partial charge in [0.05, 0.1) is 12.6 Å². The second-order valence-electron chi connectivity index (χ2n) is 10.6. The number of ether oxygens (including phenoxy) is 2. The van der Waals surface area contributed by atoms with Crippen LogP contribution < -0.4 is 10.6 Å². The first kappa shape index (κ1) is 32.3. The molecule has 0 radical (unpaired) electrons. The molecule has 0 aliphatic carbocycles. The number of carbonyl (C=O) groups is 4. The number of nitrogens with one attached hydrogen (secondary N) is 2. The molecule has 4 atom stereocenters. The van der Waals surface area contributed by atoms with Crippen LogP contribution in [0.25, 0.3) is 0 Å². The van der Waals surface area contributed by atoms with Crippen LogP contribution in [0.3, 0.4) is 0 Å². The van der Waals surface area contributed by atoms with Crippen molar-refractivity contribution in [3.8, 4) is 0 Å². The summed E-state index contributed by atoms with van der Waals surface area (Å²) >= 11 is 1.25. The Bertz CT molecular complexity index is 926. The minimum Gasteiger partial charge on any atom is -0.461 e. The summed E-state index contributed by atoms with van der Waals surface area (Å²) in [6.45, 7) is 16.5. The summed E-state index contributed by atoms with van der Waals surface area (Å²) in [5, 5.41) is 7.82. The van der Waals surface area contributed by atoms with Gasteiger partial charge in [-0.15, -0.1) is 11.3 Å². The van der Waals surface area contributed by atoms with Gasteiger partial charge in [-0.05, 0) is 46.0 Å². The number of hydrogen-bond donors (Lipinski definition) is 2. The van der Waals surface area contributed by atoms with Crippen LogP contribution in [0.1, 0.15) is 96.7 Å². The zero-order valence-corrected chi connectivity index (χ0v) is 24.7. The van der Waals surface area contributed by atoms with E-state index in [2.05, 4.69) is 15.6 Å². The van der Waals surface area contributed by atoms with Crippen LogP contribution in [0.15, 0.2) is 5.38 Å². The largest absolute Gasteiger partial charge is 0.461 e. The van der Waals surface area contributed by atoms with E-state index in [9.17, 15) is 19.2 Å². The third-order valence-corrected chi connectivity index (χ3v) is 6.88. The third kappa shape index (κ3) is 10.3. The van der Waals surface area contributed by atoms with Gasteiger partial charge in [0, 0.05) is 25.4 Å². The van der Waals surface area contributed by atoms with E-state index in [1.807, 2.05) is 27.7 Å². The average molecular weight is 541 g/mol. The van der Waals surface area contributed by atoms with Gasteiger partial charge < -0.3 is 25.0 Å². The highest BCUT2D eigenvalue weighted by Crippen LogP contribution is 2.28.